The molecule has 4 heteroatoms. The van der Waals surface area contributed by atoms with E-state index in [1.165, 1.54) is 12.7 Å². The van der Waals surface area contributed by atoms with Crippen LogP contribution in [0.4, 0.5) is 0 Å². The lowest BCUT2D eigenvalue weighted by molar-refractivity contribution is -0.151. The van der Waals surface area contributed by atoms with Crippen LogP contribution in [0, 0.1) is 5.92 Å². The molecule has 0 radical (unpaired) electrons. The summed E-state index contributed by atoms with van der Waals surface area (Å²) in [7, 11) is 1.33. The molecule has 0 bridgehead atoms. The monoisotopic (exact) mass is 249 g/mol. The van der Waals surface area contributed by atoms with Crippen LogP contribution in [0.1, 0.15) is 19.3 Å². The van der Waals surface area contributed by atoms with Crippen LogP contribution >= 0.6 is 0 Å². The van der Waals surface area contributed by atoms with Gasteiger partial charge in [-0.3, -0.25) is 14.5 Å². The lowest BCUT2D eigenvalue weighted by Crippen LogP contribution is -2.44. The summed E-state index contributed by atoms with van der Waals surface area (Å²) >= 11 is 0. The van der Waals surface area contributed by atoms with Gasteiger partial charge in [0.25, 0.3) is 0 Å². The minimum absolute atomic E-state index is 0.0199. The minimum Gasteiger partial charge on any atom is -0.468 e. The molecule has 0 saturated carbocycles. The third-order valence-corrected chi connectivity index (χ3v) is 3.47. The van der Waals surface area contributed by atoms with E-state index < -0.39 is 11.9 Å². The van der Waals surface area contributed by atoms with Crippen LogP contribution < -0.4 is 0 Å². The second-order valence-electron chi connectivity index (χ2n) is 4.80. The van der Waals surface area contributed by atoms with Crippen LogP contribution in [0.15, 0.2) is 23.8 Å². The first-order chi connectivity index (χ1) is 8.70. The molecule has 1 saturated heterocycles. The third-order valence-electron chi connectivity index (χ3n) is 3.47. The third kappa shape index (κ3) is 3.07. The molecule has 1 heterocycles. The molecule has 0 spiro atoms. The van der Waals surface area contributed by atoms with E-state index in [2.05, 4.69) is 27.9 Å². The van der Waals surface area contributed by atoms with E-state index in [4.69, 9.17) is 0 Å². The number of ether oxygens (including phenoxy) is 1. The van der Waals surface area contributed by atoms with Gasteiger partial charge in [0.1, 0.15) is 5.92 Å². The number of esters is 1. The van der Waals surface area contributed by atoms with Crippen molar-refractivity contribution in [2.24, 2.45) is 5.92 Å². The average molecular weight is 249 g/mol. The Labute approximate surface area is 107 Å². The normalized spacial score (nSPS) is 24.8. The Balaban J connectivity index is 1.88. The van der Waals surface area contributed by atoms with Gasteiger partial charge in [0.05, 0.1) is 13.7 Å². The van der Waals surface area contributed by atoms with E-state index in [9.17, 15) is 9.59 Å². The highest BCUT2D eigenvalue weighted by molar-refractivity contribution is 6.00. The number of carbonyl (C=O) groups is 2. The molecule has 1 atom stereocenters. The smallest absolute Gasteiger partial charge is 0.316 e. The number of rotatable bonds is 3. The van der Waals surface area contributed by atoms with E-state index in [1.807, 2.05) is 0 Å². The Morgan fingerprint density at radius 1 is 1.50 bits per heavy atom. The first-order valence-electron chi connectivity index (χ1n) is 6.39. The van der Waals surface area contributed by atoms with Crippen molar-refractivity contribution in [2.75, 3.05) is 26.7 Å². The molecule has 1 fully saturated rings. The molecule has 1 aliphatic heterocycles. The molecule has 0 N–H and O–H groups in total. The van der Waals surface area contributed by atoms with Crippen molar-refractivity contribution in [3.63, 3.8) is 0 Å². The van der Waals surface area contributed by atoms with Gasteiger partial charge < -0.3 is 4.74 Å². The highest BCUT2D eigenvalue weighted by Gasteiger charge is 2.33. The van der Waals surface area contributed by atoms with Crippen molar-refractivity contribution < 1.29 is 14.3 Å². The highest BCUT2D eigenvalue weighted by atomic mass is 16.5. The number of allylic oxidation sites excluding steroid dienone is 2. The van der Waals surface area contributed by atoms with Crippen LogP contribution in [-0.4, -0.2) is 43.4 Å². The zero-order valence-electron chi connectivity index (χ0n) is 10.7. The second-order valence-corrected chi connectivity index (χ2v) is 4.80. The molecule has 0 aromatic heterocycles. The van der Waals surface area contributed by atoms with Crippen LogP contribution in [0.3, 0.4) is 0 Å². The zero-order chi connectivity index (χ0) is 13.0. The van der Waals surface area contributed by atoms with Gasteiger partial charge in [-0.25, -0.2) is 0 Å². The van der Waals surface area contributed by atoms with Gasteiger partial charge in [-0.15, -0.1) is 0 Å². The lowest BCUT2D eigenvalue weighted by atomic mass is 9.95. The standard InChI is InChI=1S/C14H19NO3/c1-18-14(17)12-7-8-15(10-13(12)16)9-11-5-3-2-4-6-11/h3,5-6,12H,2,4,7-10H2,1H3. The van der Waals surface area contributed by atoms with Gasteiger partial charge in [0.15, 0.2) is 5.78 Å². The Kier molecular flexibility index (Phi) is 4.31. The second kappa shape index (κ2) is 5.96. The maximum atomic E-state index is 11.9. The summed E-state index contributed by atoms with van der Waals surface area (Å²) in [6, 6.07) is 0. The summed E-state index contributed by atoms with van der Waals surface area (Å²) in [5.41, 5.74) is 1.27. The predicted octanol–water partition coefficient (Wildman–Crippen LogP) is 1.33. The SMILES string of the molecule is COC(=O)C1CCN(CC2=CCCC=C2)CC1=O. The molecule has 1 unspecified atom stereocenters. The maximum Gasteiger partial charge on any atom is 0.316 e. The molecule has 1 aliphatic carbocycles. The number of piperidine rings is 1. The first-order valence-corrected chi connectivity index (χ1v) is 6.39. The van der Waals surface area contributed by atoms with Crippen LogP contribution in [0.2, 0.25) is 0 Å². The molecule has 18 heavy (non-hydrogen) atoms. The fourth-order valence-electron chi connectivity index (χ4n) is 2.45. The van der Waals surface area contributed by atoms with Gasteiger partial charge in [-0.1, -0.05) is 18.2 Å². The topological polar surface area (TPSA) is 46.6 Å². The van der Waals surface area contributed by atoms with Gasteiger partial charge in [0.2, 0.25) is 0 Å². The zero-order valence-corrected chi connectivity index (χ0v) is 10.7. The minimum atomic E-state index is -0.554. The summed E-state index contributed by atoms with van der Waals surface area (Å²) in [6.07, 6.45) is 9.27. The molecule has 2 rings (SSSR count). The highest BCUT2D eigenvalue weighted by Crippen LogP contribution is 2.18. The van der Waals surface area contributed by atoms with Gasteiger partial charge in [-0.2, -0.15) is 0 Å². The Morgan fingerprint density at radius 2 is 2.33 bits per heavy atom. The number of hydrogen-bond acceptors (Lipinski definition) is 4. The van der Waals surface area contributed by atoms with Crippen molar-refractivity contribution in [3.05, 3.63) is 23.8 Å². The van der Waals surface area contributed by atoms with Gasteiger partial charge in [-0.05, 0) is 24.8 Å². The Bertz CT molecular complexity index is 398. The maximum absolute atomic E-state index is 11.9. The number of likely N-dealkylation sites (tertiary alicyclic amines) is 1. The van der Waals surface area contributed by atoms with Crippen molar-refractivity contribution in [1.82, 2.24) is 4.90 Å². The number of hydrogen-bond donors (Lipinski definition) is 0. The number of methoxy groups -OCH3 is 1. The fraction of sp³-hybridized carbons (Fsp3) is 0.571. The number of Topliss-reactive ketones (excluding diaryl/α,β-unsaturated/α-hetero) is 1. The average Bonchev–Trinajstić information content (AvgIpc) is 2.39. The predicted molar refractivity (Wildman–Crippen MR) is 68.0 cm³/mol. The summed E-state index contributed by atoms with van der Waals surface area (Å²) < 4.78 is 4.64. The number of nitrogens with zero attached hydrogens (tertiary/aromatic N) is 1. The Hall–Kier alpha value is -1.42. The van der Waals surface area contributed by atoms with E-state index >= 15 is 0 Å². The van der Waals surface area contributed by atoms with Crippen molar-refractivity contribution >= 4 is 11.8 Å². The molecule has 0 aromatic rings. The molecular formula is C14H19NO3. The van der Waals surface area contributed by atoms with Crippen LogP contribution in [-0.2, 0) is 14.3 Å². The lowest BCUT2D eigenvalue weighted by Gasteiger charge is -2.30. The quantitative estimate of drug-likeness (QED) is 0.559. The molecule has 4 nitrogen and oxygen atoms in total. The largest absolute Gasteiger partial charge is 0.468 e. The summed E-state index contributed by atoms with van der Waals surface area (Å²) in [5, 5.41) is 0. The van der Waals surface area contributed by atoms with E-state index in [0.717, 1.165) is 25.9 Å². The molecule has 0 aromatic carbocycles. The first kappa shape index (κ1) is 13.0. The Morgan fingerprint density at radius 3 is 2.94 bits per heavy atom. The van der Waals surface area contributed by atoms with E-state index in [0.29, 0.717) is 13.0 Å². The van der Waals surface area contributed by atoms with Crippen LogP contribution in [0.5, 0.6) is 0 Å². The molecule has 98 valence electrons. The molecule has 2 aliphatic rings. The fourth-order valence-corrected chi connectivity index (χ4v) is 2.45. The van der Waals surface area contributed by atoms with Crippen molar-refractivity contribution in [2.45, 2.75) is 19.3 Å². The van der Waals surface area contributed by atoms with Gasteiger partial charge >= 0.3 is 5.97 Å². The van der Waals surface area contributed by atoms with Crippen molar-refractivity contribution in [1.29, 1.82) is 0 Å². The van der Waals surface area contributed by atoms with Crippen LogP contribution in [0.25, 0.3) is 0 Å². The molecule has 0 amide bonds. The van der Waals surface area contributed by atoms with Gasteiger partial charge in [0, 0.05) is 13.1 Å². The number of ketones is 1. The van der Waals surface area contributed by atoms with Crippen molar-refractivity contribution in [3.8, 4) is 0 Å². The van der Waals surface area contributed by atoms with E-state index in [-0.39, 0.29) is 5.78 Å². The summed E-state index contributed by atoms with van der Waals surface area (Å²) in [6.45, 7) is 1.93. The summed E-state index contributed by atoms with van der Waals surface area (Å²) in [5.74, 6) is -0.966. The molecular weight excluding hydrogens is 230 g/mol. The summed E-state index contributed by atoms with van der Waals surface area (Å²) in [4.78, 5) is 25.4. The number of carbonyl (C=O) groups excluding carboxylic acids is 2. The van der Waals surface area contributed by atoms with E-state index in [1.54, 1.807) is 0 Å².